The molecular weight excluding hydrogens is 227 g/mol. The van der Waals surface area contributed by atoms with Crippen molar-refractivity contribution in [2.45, 2.75) is 6.92 Å². The van der Waals surface area contributed by atoms with Gasteiger partial charge in [-0.2, -0.15) is 4.79 Å². The molecule has 88 valence electrons. The lowest BCUT2D eigenvalue weighted by Crippen LogP contribution is -2.27. The molecule has 0 radical (unpaired) electrons. The monoisotopic (exact) mass is 236 g/mol. The standard InChI is InChI=1S/C11H9FN2O3/c1-2-17-11(16)9(14-13)10(15)7-4-3-5-8(12)6-7/h3-6H,2H2,1H3. The normalized spacial score (nSPS) is 9.29. The molecule has 0 aromatic heterocycles. The van der Waals surface area contributed by atoms with Crippen molar-refractivity contribution in [1.29, 1.82) is 0 Å². The Kier molecular flexibility index (Phi) is 4.25. The molecule has 0 saturated carbocycles. The molecular formula is C11H9FN2O3. The molecule has 0 aliphatic carbocycles. The Labute approximate surface area is 96.4 Å². The van der Waals surface area contributed by atoms with E-state index >= 15 is 0 Å². The molecule has 0 atom stereocenters. The molecule has 0 spiro atoms. The number of halogens is 1. The van der Waals surface area contributed by atoms with Gasteiger partial charge in [0.15, 0.2) is 0 Å². The molecule has 0 aliphatic heterocycles. The molecule has 0 aliphatic rings. The molecule has 0 saturated heterocycles. The highest BCUT2D eigenvalue weighted by molar-refractivity contribution is 6.65. The second kappa shape index (κ2) is 5.67. The summed E-state index contributed by atoms with van der Waals surface area (Å²) < 4.78 is 17.4. The fourth-order valence-electron chi connectivity index (χ4n) is 1.14. The highest BCUT2D eigenvalue weighted by Gasteiger charge is 2.32. The minimum Gasteiger partial charge on any atom is -0.457 e. The zero-order valence-electron chi connectivity index (χ0n) is 9.01. The highest BCUT2D eigenvalue weighted by atomic mass is 19.1. The van der Waals surface area contributed by atoms with Crippen molar-refractivity contribution in [2.75, 3.05) is 6.61 Å². The average molecular weight is 236 g/mol. The topological polar surface area (TPSA) is 79.8 Å². The van der Waals surface area contributed by atoms with Crippen LogP contribution in [0.25, 0.3) is 5.53 Å². The second-order valence-electron chi connectivity index (χ2n) is 3.01. The van der Waals surface area contributed by atoms with Crippen LogP contribution < -0.4 is 0 Å². The van der Waals surface area contributed by atoms with Crippen molar-refractivity contribution in [3.8, 4) is 0 Å². The number of Topliss-reactive ketones (excluding diaryl/α,β-unsaturated/α-hetero) is 1. The van der Waals surface area contributed by atoms with Crippen molar-refractivity contribution in [3.05, 3.63) is 41.2 Å². The Morgan fingerprint density at radius 2 is 2.18 bits per heavy atom. The summed E-state index contributed by atoms with van der Waals surface area (Å²) in [6, 6.07) is 4.70. The number of carbonyl (C=O) groups excluding carboxylic acids is 2. The van der Waals surface area contributed by atoms with E-state index in [0.717, 1.165) is 12.1 Å². The molecule has 0 N–H and O–H groups in total. The van der Waals surface area contributed by atoms with E-state index in [1.807, 2.05) is 0 Å². The van der Waals surface area contributed by atoms with E-state index in [0.29, 0.717) is 0 Å². The Morgan fingerprint density at radius 3 is 2.71 bits per heavy atom. The quantitative estimate of drug-likeness (QED) is 0.197. The molecule has 0 amide bonds. The molecule has 0 heterocycles. The van der Waals surface area contributed by atoms with Gasteiger partial charge in [-0.05, 0) is 19.1 Å². The first-order chi connectivity index (χ1) is 8.10. The molecule has 1 aromatic carbocycles. The molecule has 1 aromatic rings. The first-order valence-corrected chi connectivity index (χ1v) is 4.79. The molecule has 0 bridgehead atoms. The van der Waals surface area contributed by atoms with E-state index < -0.39 is 23.3 Å². The van der Waals surface area contributed by atoms with Gasteiger partial charge in [0, 0.05) is 5.56 Å². The molecule has 5 nitrogen and oxygen atoms in total. The van der Waals surface area contributed by atoms with Crippen LogP contribution in [0.4, 0.5) is 4.39 Å². The van der Waals surface area contributed by atoms with Gasteiger partial charge in [0.1, 0.15) is 5.82 Å². The number of ether oxygens (including phenoxy) is 1. The Morgan fingerprint density at radius 1 is 1.47 bits per heavy atom. The van der Waals surface area contributed by atoms with Gasteiger partial charge in [0.2, 0.25) is 0 Å². The van der Waals surface area contributed by atoms with Gasteiger partial charge in [-0.15, -0.1) is 0 Å². The molecule has 1 rings (SSSR count). The summed E-state index contributed by atoms with van der Waals surface area (Å²) in [6.45, 7) is 1.58. The van der Waals surface area contributed by atoms with E-state index in [4.69, 9.17) is 5.53 Å². The van der Waals surface area contributed by atoms with Gasteiger partial charge in [0.05, 0.1) is 6.61 Å². The molecule has 17 heavy (non-hydrogen) atoms. The molecule has 6 heteroatoms. The minimum absolute atomic E-state index is 0.0360. The third-order valence-corrected chi connectivity index (χ3v) is 1.87. The average Bonchev–Trinajstić information content (AvgIpc) is 2.30. The van der Waals surface area contributed by atoms with E-state index in [9.17, 15) is 14.0 Å². The van der Waals surface area contributed by atoms with Crippen LogP contribution in [0.2, 0.25) is 0 Å². The Bertz CT molecular complexity index is 507. The summed E-state index contributed by atoms with van der Waals surface area (Å²) >= 11 is 0. The predicted octanol–water partition coefficient (Wildman–Crippen LogP) is 1.24. The van der Waals surface area contributed by atoms with Crippen LogP contribution in [0.15, 0.2) is 24.3 Å². The maximum atomic E-state index is 12.9. The van der Waals surface area contributed by atoms with Crippen LogP contribution in [0.3, 0.4) is 0 Å². The van der Waals surface area contributed by atoms with Crippen molar-refractivity contribution in [2.24, 2.45) is 0 Å². The third-order valence-electron chi connectivity index (χ3n) is 1.87. The maximum Gasteiger partial charge on any atom is 0.446 e. The number of ketones is 1. The first-order valence-electron chi connectivity index (χ1n) is 4.79. The number of hydrogen-bond donors (Lipinski definition) is 0. The zero-order chi connectivity index (χ0) is 12.8. The van der Waals surface area contributed by atoms with Crippen LogP contribution in [0.1, 0.15) is 17.3 Å². The van der Waals surface area contributed by atoms with Crippen molar-refractivity contribution < 1.29 is 23.5 Å². The summed E-state index contributed by atoms with van der Waals surface area (Å²) in [4.78, 5) is 25.5. The Hall–Kier alpha value is -2.33. The smallest absolute Gasteiger partial charge is 0.446 e. The highest BCUT2D eigenvalue weighted by Crippen LogP contribution is 2.05. The third kappa shape index (κ3) is 3.06. The van der Waals surface area contributed by atoms with E-state index in [1.165, 1.54) is 12.1 Å². The zero-order valence-corrected chi connectivity index (χ0v) is 9.01. The first kappa shape index (κ1) is 12.7. The van der Waals surface area contributed by atoms with Crippen molar-refractivity contribution in [3.63, 3.8) is 0 Å². The van der Waals surface area contributed by atoms with Gasteiger partial charge in [-0.1, -0.05) is 12.1 Å². The fourth-order valence-corrected chi connectivity index (χ4v) is 1.14. The fraction of sp³-hybridized carbons (Fsp3) is 0.182. The van der Waals surface area contributed by atoms with Crippen molar-refractivity contribution >= 4 is 17.5 Å². The van der Waals surface area contributed by atoms with Crippen LogP contribution in [-0.4, -0.2) is 28.9 Å². The lowest BCUT2D eigenvalue weighted by Gasteiger charge is -1.98. The van der Waals surface area contributed by atoms with Gasteiger partial charge < -0.3 is 10.3 Å². The van der Waals surface area contributed by atoms with Gasteiger partial charge in [-0.3, -0.25) is 4.79 Å². The van der Waals surface area contributed by atoms with E-state index in [1.54, 1.807) is 6.92 Å². The van der Waals surface area contributed by atoms with Gasteiger partial charge in [-0.25, -0.2) is 9.18 Å². The maximum absolute atomic E-state index is 12.9. The summed E-state index contributed by atoms with van der Waals surface area (Å²) in [5.74, 6) is -2.58. The second-order valence-corrected chi connectivity index (χ2v) is 3.01. The largest absolute Gasteiger partial charge is 0.457 e. The molecule has 0 fully saturated rings. The van der Waals surface area contributed by atoms with Crippen LogP contribution >= 0.6 is 0 Å². The number of esters is 1. The van der Waals surface area contributed by atoms with Crippen molar-refractivity contribution in [1.82, 2.24) is 0 Å². The molecule has 0 unspecified atom stereocenters. The van der Waals surface area contributed by atoms with Gasteiger partial charge >= 0.3 is 11.7 Å². The van der Waals surface area contributed by atoms with Crippen LogP contribution in [0.5, 0.6) is 0 Å². The summed E-state index contributed by atoms with van der Waals surface area (Å²) in [5.41, 5.74) is 7.72. The lowest BCUT2D eigenvalue weighted by atomic mass is 10.1. The lowest BCUT2D eigenvalue weighted by molar-refractivity contribution is -0.139. The summed E-state index contributed by atoms with van der Waals surface area (Å²) in [6.07, 6.45) is 0. The number of carbonyl (C=O) groups is 2. The summed E-state index contributed by atoms with van der Waals surface area (Å²) in [7, 11) is 0. The Balaban J connectivity index is 3.03. The van der Waals surface area contributed by atoms with E-state index in [2.05, 4.69) is 9.53 Å². The number of rotatable bonds is 4. The minimum atomic E-state index is -1.05. The SMILES string of the molecule is CCOC(=O)C(=[N+]=[N-])C(=O)c1cccc(F)c1. The van der Waals surface area contributed by atoms with Crippen LogP contribution in [0, 0.1) is 5.82 Å². The van der Waals surface area contributed by atoms with E-state index in [-0.39, 0.29) is 12.2 Å². The van der Waals surface area contributed by atoms with Crippen LogP contribution in [-0.2, 0) is 9.53 Å². The number of nitrogens with zero attached hydrogens (tertiary/aromatic N) is 2. The van der Waals surface area contributed by atoms with Gasteiger partial charge in [0.25, 0.3) is 5.78 Å². The number of benzene rings is 1. The number of hydrogen-bond acceptors (Lipinski definition) is 3. The predicted molar refractivity (Wildman–Crippen MR) is 56.0 cm³/mol. The summed E-state index contributed by atoms with van der Waals surface area (Å²) in [5, 5.41) is 0.